The minimum atomic E-state index is -0.156. The fourth-order valence-electron chi connectivity index (χ4n) is 7.48. The summed E-state index contributed by atoms with van der Waals surface area (Å²) in [7, 11) is 0. The number of allylic oxidation sites excluding steroid dienone is 1. The highest BCUT2D eigenvalue weighted by molar-refractivity contribution is 5.88. The molecule has 0 aromatic heterocycles. The van der Waals surface area contributed by atoms with Crippen LogP contribution in [0, 0.1) is 40.4 Å². The minimum absolute atomic E-state index is 0.114. The van der Waals surface area contributed by atoms with Gasteiger partial charge in [0.25, 0.3) is 0 Å². The Morgan fingerprint density at radius 2 is 2.00 bits per heavy atom. The first-order valence-corrected chi connectivity index (χ1v) is 11.1. The van der Waals surface area contributed by atoms with E-state index in [4.69, 9.17) is 5.53 Å². The van der Waals surface area contributed by atoms with Gasteiger partial charge in [-0.25, -0.2) is 0 Å². The van der Waals surface area contributed by atoms with Gasteiger partial charge in [0.1, 0.15) is 11.6 Å². The van der Waals surface area contributed by atoms with E-state index in [-0.39, 0.29) is 16.7 Å². The Kier molecular flexibility index (Phi) is 5.16. The molecule has 4 saturated carbocycles. The van der Waals surface area contributed by atoms with E-state index in [1.165, 1.54) is 0 Å². The lowest BCUT2D eigenvalue weighted by atomic mass is 9.44. The van der Waals surface area contributed by atoms with Gasteiger partial charge in [0.05, 0.1) is 0 Å². The third-order valence-electron chi connectivity index (χ3n) is 9.07. The molecule has 0 aromatic rings. The third kappa shape index (κ3) is 3.03. The number of carbonyl (C=O) groups excluding carboxylic acids is 2. The van der Waals surface area contributed by atoms with Gasteiger partial charge in [-0.2, -0.15) is 0 Å². The zero-order valence-corrected chi connectivity index (χ0v) is 17.3. The lowest BCUT2D eigenvalue weighted by Gasteiger charge is -2.59. The molecule has 5 nitrogen and oxygen atoms in total. The standard InChI is InChI=1S/C23H33N3O2/c1-22-10-8-15(5-3-4-12-25-26-24)13-19(22)20(27)14-16-17-6-7-21(28)23(17,2)11-9-18(16)22/h3,5,15-19H,4,6-14H2,1-2H3/t15-,16+,17+,18+,19?,22-,23+/m1/s1. The molecule has 5 heteroatoms. The molecule has 0 radical (unpaired) electrons. The molecule has 28 heavy (non-hydrogen) atoms. The van der Waals surface area contributed by atoms with Crippen LogP contribution in [0.3, 0.4) is 0 Å². The summed E-state index contributed by atoms with van der Waals surface area (Å²) in [6, 6.07) is 0. The van der Waals surface area contributed by atoms with E-state index in [0.29, 0.717) is 48.2 Å². The molecular formula is C23H33N3O2. The van der Waals surface area contributed by atoms with E-state index < -0.39 is 0 Å². The molecule has 0 aromatic carbocycles. The van der Waals surface area contributed by atoms with Crippen molar-refractivity contribution >= 4 is 11.6 Å². The molecule has 4 aliphatic rings. The first kappa shape index (κ1) is 19.7. The van der Waals surface area contributed by atoms with Crippen molar-refractivity contribution in [2.45, 2.75) is 71.6 Å². The van der Waals surface area contributed by atoms with Crippen LogP contribution in [0.25, 0.3) is 10.4 Å². The molecule has 0 N–H and O–H groups in total. The number of azide groups is 1. The lowest BCUT2D eigenvalue weighted by Crippen LogP contribution is -2.56. The molecule has 0 bridgehead atoms. The Labute approximate surface area is 168 Å². The van der Waals surface area contributed by atoms with Gasteiger partial charge in [0.2, 0.25) is 0 Å². The molecule has 4 aliphatic carbocycles. The summed E-state index contributed by atoms with van der Waals surface area (Å²) in [6.45, 7) is 5.07. The normalized spacial score (nSPS) is 45.3. The van der Waals surface area contributed by atoms with Crippen LogP contribution in [0.1, 0.15) is 71.6 Å². The first-order chi connectivity index (χ1) is 13.4. The molecule has 152 valence electrons. The summed E-state index contributed by atoms with van der Waals surface area (Å²) in [5.74, 6) is 3.01. The Morgan fingerprint density at radius 1 is 1.18 bits per heavy atom. The Balaban J connectivity index is 1.49. The number of hydrogen-bond donors (Lipinski definition) is 0. The number of ketones is 2. The van der Waals surface area contributed by atoms with Gasteiger partial charge >= 0.3 is 0 Å². The molecule has 4 fully saturated rings. The Hall–Kier alpha value is -1.61. The van der Waals surface area contributed by atoms with Crippen LogP contribution in [0.5, 0.6) is 0 Å². The van der Waals surface area contributed by atoms with Crippen LogP contribution in [0.15, 0.2) is 17.3 Å². The highest BCUT2D eigenvalue weighted by Crippen LogP contribution is 2.65. The van der Waals surface area contributed by atoms with Crippen LogP contribution in [0.4, 0.5) is 0 Å². The average molecular weight is 384 g/mol. The summed E-state index contributed by atoms with van der Waals surface area (Å²) in [5, 5.41) is 3.58. The Bertz CT molecular complexity index is 740. The second-order valence-corrected chi connectivity index (χ2v) is 10.2. The summed E-state index contributed by atoms with van der Waals surface area (Å²) < 4.78 is 0. The molecule has 0 heterocycles. The number of hydrogen-bond acceptors (Lipinski definition) is 3. The van der Waals surface area contributed by atoms with E-state index in [1.807, 2.05) is 0 Å². The van der Waals surface area contributed by atoms with Gasteiger partial charge in [-0.3, -0.25) is 9.59 Å². The summed E-state index contributed by atoms with van der Waals surface area (Å²) in [5.41, 5.74) is 8.32. The Morgan fingerprint density at radius 3 is 2.79 bits per heavy atom. The van der Waals surface area contributed by atoms with E-state index in [9.17, 15) is 9.59 Å². The van der Waals surface area contributed by atoms with Crippen LogP contribution in [-0.2, 0) is 9.59 Å². The number of fused-ring (bicyclic) bond motifs is 5. The highest BCUT2D eigenvalue weighted by atomic mass is 16.1. The summed E-state index contributed by atoms with van der Waals surface area (Å²) >= 11 is 0. The van der Waals surface area contributed by atoms with Crippen LogP contribution >= 0.6 is 0 Å². The predicted molar refractivity (Wildman–Crippen MR) is 108 cm³/mol. The van der Waals surface area contributed by atoms with Crippen LogP contribution in [-0.4, -0.2) is 18.1 Å². The van der Waals surface area contributed by atoms with E-state index in [2.05, 4.69) is 36.0 Å². The van der Waals surface area contributed by atoms with Crippen molar-refractivity contribution < 1.29 is 9.59 Å². The quantitative estimate of drug-likeness (QED) is 0.207. The summed E-state index contributed by atoms with van der Waals surface area (Å²) in [4.78, 5) is 28.6. The third-order valence-corrected chi connectivity index (χ3v) is 9.07. The highest BCUT2D eigenvalue weighted by Gasteiger charge is 2.62. The molecule has 0 aliphatic heterocycles. The van der Waals surface area contributed by atoms with Crippen molar-refractivity contribution in [1.82, 2.24) is 0 Å². The van der Waals surface area contributed by atoms with Gasteiger partial charge in [0, 0.05) is 35.6 Å². The molecular weight excluding hydrogens is 350 g/mol. The number of Topliss-reactive ketones (excluding diaryl/α,β-unsaturated/α-hetero) is 2. The number of rotatable bonds is 4. The van der Waals surface area contributed by atoms with Crippen molar-refractivity contribution in [3.8, 4) is 0 Å². The van der Waals surface area contributed by atoms with Crippen molar-refractivity contribution in [2.75, 3.05) is 6.54 Å². The van der Waals surface area contributed by atoms with Gasteiger partial charge in [-0.15, -0.1) is 0 Å². The summed E-state index contributed by atoms with van der Waals surface area (Å²) in [6.07, 6.45) is 12.9. The van der Waals surface area contributed by atoms with Crippen LogP contribution in [0.2, 0.25) is 0 Å². The number of nitrogens with zero attached hydrogens (tertiary/aromatic N) is 3. The smallest absolute Gasteiger partial charge is 0.139 e. The van der Waals surface area contributed by atoms with Gasteiger partial charge in [-0.05, 0) is 79.6 Å². The average Bonchev–Trinajstić information content (AvgIpc) is 2.98. The van der Waals surface area contributed by atoms with Crippen molar-refractivity contribution in [1.29, 1.82) is 0 Å². The zero-order valence-electron chi connectivity index (χ0n) is 17.3. The maximum atomic E-state index is 13.3. The van der Waals surface area contributed by atoms with Gasteiger partial charge in [0.15, 0.2) is 0 Å². The van der Waals surface area contributed by atoms with Crippen molar-refractivity contribution in [3.63, 3.8) is 0 Å². The van der Waals surface area contributed by atoms with Crippen LogP contribution < -0.4 is 0 Å². The van der Waals surface area contributed by atoms with E-state index >= 15 is 0 Å². The monoisotopic (exact) mass is 383 g/mol. The topological polar surface area (TPSA) is 82.9 Å². The second-order valence-electron chi connectivity index (χ2n) is 10.2. The van der Waals surface area contributed by atoms with E-state index in [1.54, 1.807) is 0 Å². The fraction of sp³-hybridized carbons (Fsp3) is 0.826. The SMILES string of the molecule is C[C@]12CC[C@@H](C=CCCN=[N+]=[N-])CC1C(=O)C[C@@H]1[C@@H]2CC[C@]2(C)C(=O)CC[C@@H]12. The second kappa shape index (κ2) is 7.33. The minimum Gasteiger partial charge on any atom is -0.299 e. The molecule has 0 amide bonds. The van der Waals surface area contributed by atoms with Gasteiger partial charge < -0.3 is 0 Å². The van der Waals surface area contributed by atoms with Crippen molar-refractivity contribution in [3.05, 3.63) is 22.6 Å². The maximum absolute atomic E-state index is 13.3. The van der Waals surface area contributed by atoms with Gasteiger partial charge in [-0.1, -0.05) is 31.1 Å². The largest absolute Gasteiger partial charge is 0.299 e. The molecule has 0 spiro atoms. The number of carbonyl (C=O) groups is 2. The fourth-order valence-corrected chi connectivity index (χ4v) is 7.48. The lowest BCUT2D eigenvalue weighted by molar-refractivity contribution is -0.157. The van der Waals surface area contributed by atoms with E-state index in [0.717, 1.165) is 51.4 Å². The molecule has 0 saturated heterocycles. The maximum Gasteiger partial charge on any atom is 0.139 e. The molecule has 4 rings (SSSR count). The molecule has 1 unspecified atom stereocenters. The molecule has 7 atom stereocenters. The zero-order chi connectivity index (χ0) is 19.9. The van der Waals surface area contributed by atoms with Crippen molar-refractivity contribution in [2.24, 2.45) is 45.5 Å². The predicted octanol–water partition coefficient (Wildman–Crippen LogP) is 5.65. The first-order valence-electron chi connectivity index (χ1n) is 11.1.